The molecule has 1 heterocycles. The molecule has 0 saturated heterocycles. The van der Waals surface area contributed by atoms with Gasteiger partial charge in [0.2, 0.25) is 0 Å². The van der Waals surface area contributed by atoms with E-state index in [4.69, 9.17) is 4.99 Å². The molecule has 4 aromatic rings. The first-order valence-corrected chi connectivity index (χ1v) is 11.0. The number of hydrogen-bond acceptors (Lipinski definition) is 2. The molecule has 1 aliphatic rings. The van der Waals surface area contributed by atoms with Crippen molar-refractivity contribution in [1.29, 1.82) is 0 Å². The van der Waals surface area contributed by atoms with Crippen LogP contribution in [0.25, 0.3) is 5.70 Å². The molecule has 0 N–H and O–H groups in total. The largest absolute Gasteiger partial charge is 0.326 e. The van der Waals surface area contributed by atoms with Crippen molar-refractivity contribution in [1.82, 2.24) is 0 Å². The number of benzene rings is 4. The third-order valence-electron chi connectivity index (χ3n) is 5.95. The summed E-state index contributed by atoms with van der Waals surface area (Å²) in [5.74, 6) is 0. The summed E-state index contributed by atoms with van der Waals surface area (Å²) < 4.78 is 0. The maximum atomic E-state index is 5.04. The average molecular weight is 415 g/mol. The maximum absolute atomic E-state index is 5.04. The Morgan fingerprint density at radius 2 is 1.12 bits per heavy atom. The minimum atomic E-state index is -0.0408. The molecule has 4 aromatic carbocycles. The van der Waals surface area contributed by atoms with Gasteiger partial charge in [0.05, 0.1) is 17.6 Å². The Balaban J connectivity index is 1.75. The number of anilines is 1. The molecule has 0 saturated carbocycles. The van der Waals surface area contributed by atoms with Crippen molar-refractivity contribution in [3.63, 3.8) is 0 Å². The lowest BCUT2D eigenvalue weighted by molar-refractivity contribution is 0.882. The molecule has 1 atom stereocenters. The summed E-state index contributed by atoms with van der Waals surface area (Å²) in [4.78, 5) is 7.47. The highest BCUT2D eigenvalue weighted by atomic mass is 15.2. The predicted molar refractivity (Wildman–Crippen MR) is 135 cm³/mol. The van der Waals surface area contributed by atoms with Crippen LogP contribution in [0.2, 0.25) is 0 Å². The first-order chi connectivity index (χ1) is 15.7. The molecule has 5 rings (SSSR count). The quantitative estimate of drug-likeness (QED) is 0.341. The maximum Gasteiger partial charge on any atom is 0.102 e. The van der Waals surface area contributed by atoms with Gasteiger partial charge in [-0.25, -0.2) is 0 Å². The van der Waals surface area contributed by atoms with Crippen LogP contribution in [-0.2, 0) is 0 Å². The summed E-state index contributed by atoms with van der Waals surface area (Å²) in [6.45, 7) is 4.26. The van der Waals surface area contributed by atoms with E-state index in [-0.39, 0.29) is 6.04 Å². The van der Waals surface area contributed by atoms with E-state index in [1.54, 1.807) is 0 Å². The van der Waals surface area contributed by atoms with Gasteiger partial charge >= 0.3 is 0 Å². The first-order valence-electron chi connectivity index (χ1n) is 11.0. The van der Waals surface area contributed by atoms with Crippen LogP contribution in [-0.4, -0.2) is 5.71 Å². The van der Waals surface area contributed by atoms with Gasteiger partial charge in [0.1, 0.15) is 6.04 Å². The van der Waals surface area contributed by atoms with Crippen LogP contribution in [0.15, 0.2) is 120 Å². The summed E-state index contributed by atoms with van der Waals surface area (Å²) in [5.41, 5.74) is 9.32. The van der Waals surface area contributed by atoms with Crippen LogP contribution in [0.1, 0.15) is 33.9 Å². The molecule has 2 nitrogen and oxygen atoms in total. The summed E-state index contributed by atoms with van der Waals surface area (Å²) in [5, 5.41) is 0. The molecule has 2 heteroatoms. The van der Waals surface area contributed by atoms with Gasteiger partial charge in [-0.1, -0.05) is 108 Å². The molecular weight excluding hydrogens is 388 g/mol. The second-order valence-electron chi connectivity index (χ2n) is 8.28. The lowest BCUT2D eigenvalue weighted by atomic mass is 9.91. The van der Waals surface area contributed by atoms with Crippen molar-refractivity contribution in [3.05, 3.63) is 143 Å². The Kier molecular flexibility index (Phi) is 5.43. The van der Waals surface area contributed by atoms with Crippen molar-refractivity contribution in [3.8, 4) is 0 Å². The topological polar surface area (TPSA) is 15.6 Å². The van der Waals surface area contributed by atoms with E-state index >= 15 is 0 Å². The van der Waals surface area contributed by atoms with E-state index in [0.717, 1.165) is 28.2 Å². The van der Waals surface area contributed by atoms with Gasteiger partial charge in [-0.05, 0) is 42.7 Å². The molecule has 1 unspecified atom stereocenters. The van der Waals surface area contributed by atoms with E-state index in [1.165, 1.54) is 16.7 Å². The summed E-state index contributed by atoms with van der Waals surface area (Å²) in [6, 6.07) is 38.6. The third kappa shape index (κ3) is 3.88. The first kappa shape index (κ1) is 20.0. The highest BCUT2D eigenvalue weighted by Crippen LogP contribution is 2.40. The summed E-state index contributed by atoms with van der Waals surface area (Å²) in [6.07, 6.45) is 2.02. The fraction of sp³-hybridized carbons (Fsp3) is 0.100. The van der Waals surface area contributed by atoms with Gasteiger partial charge < -0.3 is 4.90 Å². The molecule has 0 fully saturated rings. The van der Waals surface area contributed by atoms with Crippen molar-refractivity contribution < 1.29 is 0 Å². The average Bonchev–Trinajstić information content (AvgIpc) is 2.85. The van der Waals surface area contributed by atoms with Crippen molar-refractivity contribution in [2.45, 2.75) is 19.9 Å². The van der Waals surface area contributed by atoms with Crippen LogP contribution < -0.4 is 4.90 Å². The number of hydrogen-bond donors (Lipinski definition) is 0. The highest BCUT2D eigenvalue weighted by Gasteiger charge is 2.32. The second kappa shape index (κ2) is 8.68. The zero-order valence-electron chi connectivity index (χ0n) is 18.4. The van der Waals surface area contributed by atoms with E-state index in [0.29, 0.717) is 0 Å². The number of rotatable bonds is 4. The smallest absolute Gasteiger partial charge is 0.102 e. The van der Waals surface area contributed by atoms with Crippen molar-refractivity contribution in [2.24, 2.45) is 4.99 Å². The van der Waals surface area contributed by atoms with Gasteiger partial charge in [0.15, 0.2) is 0 Å². The number of aliphatic imine (C=N–C) groups is 1. The number of aryl methyl sites for hydroxylation is 2. The zero-order chi connectivity index (χ0) is 21.9. The van der Waals surface area contributed by atoms with E-state index in [1.807, 2.05) is 6.20 Å². The fourth-order valence-corrected chi connectivity index (χ4v) is 4.24. The Morgan fingerprint density at radius 1 is 0.594 bits per heavy atom. The minimum absolute atomic E-state index is 0.0408. The van der Waals surface area contributed by atoms with Crippen LogP contribution in [0, 0.1) is 13.8 Å². The third-order valence-corrected chi connectivity index (χ3v) is 5.95. The Bertz CT molecular complexity index is 1150. The number of nitrogens with zero attached hydrogens (tertiary/aromatic N) is 2. The Morgan fingerprint density at radius 3 is 1.72 bits per heavy atom. The van der Waals surface area contributed by atoms with Gasteiger partial charge in [-0.3, -0.25) is 4.99 Å². The van der Waals surface area contributed by atoms with E-state index in [9.17, 15) is 0 Å². The molecule has 0 aliphatic carbocycles. The molecule has 0 aromatic heterocycles. The van der Waals surface area contributed by atoms with E-state index in [2.05, 4.69) is 128 Å². The van der Waals surface area contributed by atoms with Gasteiger partial charge in [-0.15, -0.1) is 0 Å². The second-order valence-corrected chi connectivity index (χ2v) is 8.28. The molecule has 0 bridgehead atoms. The molecule has 1 aliphatic heterocycles. The highest BCUT2D eigenvalue weighted by molar-refractivity contribution is 6.10. The summed E-state index contributed by atoms with van der Waals surface area (Å²) in [7, 11) is 0. The SMILES string of the molecule is Cc1ccc(C2C(c3ccccc3)=NC=C(c3ccccc3)N2c2ccc(C)cc2)cc1. The van der Waals surface area contributed by atoms with Gasteiger partial charge in [0.25, 0.3) is 0 Å². The lowest BCUT2D eigenvalue weighted by Crippen LogP contribution is -2.36. The van der Waals surface area contributed by atoms with Crippen LogP contribution >= 0.6 is 0 Å². The summed E-state index contributed by atoms with van der Waals surface area (Å²) >= 11 is 0. The minimum Gasteiger partial charge on any atom is -0.326 e. The van der Waals surface area contributed by atoms with Crippen molar-refractivity contribution >= 4 is 17.1 Å². The fourth-order valence-electron chi connectivity index (χ4n) is 4.24. The Labute approximate surface area is 190 Å². The normalized spacial score (nSPS) is 15.8. The van der Waals surface area contributed by atoms with E-state index < -0.39 is 0 Å². The zero-order valence-corrected chi connectivity index (χ0v) is 18.4. The molecule has 32 heavy (non-hydrogen) atoms. The molecule has 0 amide bonds. The van der Waals surface area contributed by atoms with Gasteiger partial charge in [0, 0.05) is 5.69 Å². The van der Waals surface area contributed by atoms with Crippen molar-refractivity contribution in [2.75, 3.05) is 4.90 Å². The van der Waals surface area contributed by atoms with Crippen LogP contribution in [0.5, 0.6) is 0 Å². The molecular formula is C30H26N2. The van der Waals surface area contributed by atoms with Crippen LogP contribution in [0.4, 0.5) is 5.69 Å². The van der Waals surface area contributed by atoms with Crippen LogP contribution in [0.3, 0.4) is 0 Å². The Hall–Kier alpha value is -3.91. The lowest BCUT2D eigenvalue weighted by Gasteiger charge is -2.39. The van der Waals surface area contributed by atoms with Gasteiger partial charge in [-0.2, -0.15) is 0 Å². The standard InChI is InChI=1S/C30H26N2/c1-22-13-17-26(18-14-22)30-29(25-11-7-4-8-12-25)31-21-28(24-9-5-3-6-10-24)32(30)27-19-15-23(2)16-20-27/h3-21,30H,1-2H3. The molecule has 0 spiro atoms. The monoisotopic (exact) mass is 414 g/mol. The molecule has 156 valence electrons. The predicted octanol–water partition coefficient (Wildman–Crippen LogP) is 7.35. The molecule has 0 radical (unpaired) electrons.